The summed E-state index contributed by atoms with van der Waals surface area (Å²) in [5.74, 6) is -0.0805. The van der Waals surface area contributed by atoms with Crippen molar-refractivity contribution in [3.63, 3.8) is 0 Å². The van der Waals surface area contributed by atoms with Crippen LogP contribution in [0.3, 0.4) is 0 Å². The van der Waals surface area contributed by atoms with Crippen LogP contribution in [0.1, 0.15) is 33.7 Å². The van der Waals surface area contributed by atoms with Gasteiger partial charge in [-0.2, -0.15) is 0 Å². The largest absolute Gasteiger partial charge is 0.351 e. The van der Waals surface area contributed by atoms with Crippen LogP contribution in [0.4, 0.5) is 0 Å². The molecule has 0 saturated carbocycles. The average molecular weight is 382 g/mol. The highest BCUT2D eigenvalue weighted by Gasteiger charge is 2.25. The van der Waals surface area contributed by atoms with Gasteiger partial charge in [0.1, 0.15) is 5.69 Å². The number of aromatic nitrogens is 1. The van der Waals surface area contributed by atoms with Crippen molar-refractivity contribution in [2.24, 2.45) is 0 Å². The van der Waals surface area contributed by atoms with Gasteiger partial charge >= 0.3 is 0 Å². The number of hydrogen-bond acceptors (Lipinski definition) is 2. The summed E-state index contributed by atoms with van der Waals surface area (Å²) < 4.78 is 0. The third-order valence-electron chi connectivity index (χ3n) is 4.97. The topological polar surface area (TPSA) is 65.2 Å². The molecule has 0 radical (unpaired) electrons. The van der Waals surface area contributed by atoms with E-state index in [1.807, 2.05) is 41.3 Å². The number of fused-ring (bicyclic) bond motifs is 1. The summed E-state index contributed by atoms with van der Waals surface area (Å²) in [6, 6.07) is 16.6. The van der Waals surface area contributed by atoms with Crippen molar-refractivity contribution in [3.8, 4) is 0 Å². The Labute approximate surface area is 162 Å². The third-order valence-corrected chi connectivity index (χ3v) is 5.20. The second-order valence-corrected chi connectivity index (χ2v) is 7.26. The van der Waals surface area contributed by atoms with E-state index in [9.17, 15) is 9.59 Å². The number of rotatable bonds is 3. The van der Waals surface area contributed by atoms with Gasteiger partial charge in [0.2, 0.25) is 0 Å². The number of carbonyl (C=O) groups excluding carboxylic acids is 2. The predicted molar refractivity (Wildman–Crippen MR) is 106 cm³/mol. The number of halogens is 1. The summed E-state index contributed by atoms with van der Waals surface area (Å²) in [5.41, 5.74) is 2.12. The lowest BCUT2D eigenvalue weighted by molar-refractivity contribution is 0.0693. The van der Waals surface area contributed by atoms with Crippen molar-refractivity contribution >= 4 is 34.3 Å². The molecule has 27 heavy (non-hydrogen) atoms. The van der Waals surface area contributed by atoms with Gasteiger partial charge in [0.25, 0.3) is 11.8 Å². The molecule has 1 aliphatic rings. The highest BCUT2D eigenvalue weighted by atomic mass is 35.5. The standard InChI is InChI=1S/C21H20ClN3O2/c22-16-6-7-18-15(12-16)13-19(24-18)21(27)25-10-8-17(9-11-25)23-20(26)14-4-2-1-3-5-14/h1-7,12-13,17,24H,8-11H2,(H,23,26). The van der Waals surface area contributed by atoms with E-state index in [4.69, 9.17) is 11.6 Å². The minimum Gasteiger partial charge on any atom is -0.351 e. The zero-order valence-corrected chi connectivity index (χ0v) is 15.5. The van der Waals surface area contributed by atoms with Gasteiger partial charge in [-0.05, 0) is 49.2 Å². The SMILES string of the molecule is O=C(NC1CCN(C(=O)c2cc3cc(Cl)ccc3[nH]2)CC1)c1ccccc1. The summed E-state index contributed by atoms with van der Waals surface area (Å²) in [4.78, 5) is 30.0. The van der Waals surface area contributed by atoms with Crippen LogP contribution in [0.25, 0.3) is 10.9 Å². The second kappa shape index (κ2) is 7.45. The highest BCUT2D eigenvalue weighted by molar-refractivity contribution is 6.31. The van der Waals surface area contributed by atoms with Gasteiger partial charge in [0.05, 0.1) is 0 Å². The lowest BCUT2D eigenvalue weighted by Gasteiger charge is -2.32. The lowest BCUT2D eigenvalue weighted by Crippen LogP contribution is -2.46. The Balaban J connectivity index is 1.37. The molecule has 3 aromatic rings. The minimum absolute atomic E-state index is 0.0184. The van der Waals surface area contributed by atoms with Crippen molar-refractivity contribution in [3.05, 3.63) is 70.9 Å². The van der Waals surface area contributed by atoms with Gasteiger partial charge in [-0.3, -0.25) is 9.59 Å². The van der Waals surface area contributed by atoms with Gasteiger partial charge in [0.15, 0.2) is 0 Å². The summed E-state index contributed by atoms with van der Waals surface area (Å²) >= 11 is 6.01. The van der Waals surface area contributed by atoms with Crippen molar-refractivity contribution in [1.82, 2.24) is 15.2 Å². The minimum atomic E-state index is -0.0622. The molecule has 0 aliphatic carbocycles. The zero-order chi connectivity index (χ0) is 18.8. The first kappa shape index (κ1) is 17.6. The van der Waals surface area contributed by atoms with E-state index >= 15 is 0 Å². The maximum Gasteiger partial charge on any atom is 0.270 e. The lowest BCUT2D eigenvalue weighted by atomic mass is 10.0. The van der Waals surface area contributed by atoms with Crippen LogP contribution in [-0.2, 0) is 0 Å². The van der Waals surface area contributed by atoms with Crippen LogP contribution >= 0.6 is 11.6 Å². The van der Waals surface area contributed by atoms with E-state index in [-0.39, 0.29) is 17.9 Å². The van der Waals surface area contributed by atoms with Crippen molar-refractivity contribution in [1.29, 1.82) is 0 Å². The monoisotopic (exact) mass is 381 g/mol. The van der Waals surface area contributed by atoms with Gasteiger partial charge in [-0.1, -0.05) is 29.8 Å². The number of hydrogen-bond donors (Lipinski definition) is 2. The quantitative estimate of drug-likeness (QED) is 0.723. The number of H-pyrrole nitrogens is 1. The van der Waals surface area contributed by atoms with Crippen molar-refractivity contribution in [2.45, 2.75) is 18.9 Å². The van der Waals surface area contributed by atoms with E-state index < -0.39 is 0 Å². The van der Waals surface area contributed by atoms with Crippen LogP contribution < -0.4 is 5.32 Å². The number of nitrogens with zero attached hydrogens (tertiary/aromatic N) is 1. The van der Waals surface area contributed by atoms with Gasteiger partial charge in [-0.15, -0.1) is 0 Å². The van der Waals surface area contributed by atoms with Crippen molar-refractivity contribution < 1.29 is 9.59 Å². The number of piperidine rings is 1. The Morgan fingerprint density at radius 3 is 2.52 bits per heavy atom. The van der Waals surface area contributed by atoms with Gasteiger partial charge in [-0.25, -0.2) is 0 Å². The first-order chi connectivity index (χ1) is 13.1. The van der Waals surface area contributed by atoms with E-state index in [1.54, 1.807) is 18.2 Å². The molecule has 5 nitrogen and oxygen atoms in total. The number of carbonyl (C=O) groups is 2. The summed E-state index contributed by atoms with van der Waals surface area (Å²) in [6.45, 7) is 1.24. The molecule has 4 rings (SSSR count). The second-order valence-electron chi connectivity index (χ2n) is 6.82. The molecular weight excluding hydrogens is 362 g/mol. The fraction of sp³-hybridized carbons (Fsp3) is 0.238. The fourth-order valence-electron chi connectivity index (χ4n) is 3.47. The Bertz CT molecular complexity index is 976. The molecule has 1 fully saturated rings. The highest BCUT2D eigenvalue weighted by Crippen LogP contribution is 2.22. The number of likely N-dealkylation sites (tertiary alicyclic amines) is 1. The summed E-state index contributed by atoms with van der Waals surface area (Å²) in [7, 11) is 0. The number of benzene rings is 2. The van der Waals surface area contributed by atoms with Crippen LogP contribution in [0, 0.1) is 0 Å². The maximum absolute atomic E-state index is 12.8. The Kier molecular flexibility index (Phi) is 4.86. The van der Waals surface area contributed by atoms with Crippen LogP contribution in [0.15, 0.2) is 54.6 Å². The molecule has 1 aromatic heterocycles. The molecule has 0 unspecified atom stereocenters. The molecule has 0 spiro atoms. The molecule has 2 heterocycles. The molecule has 1 aliphatic heterocycles. The number of amides is 2. The van der Waals surface area contributed by atoms with Gasteiger partial charge < -0.3 is 15.2 Å². The first-order valence-corrected chi connectivity index (χ1v) is 9.41. The van der Waals surface area contributed by atoms with Crippen molar-refractivity contribution in [2.75, 3.05) is 13.1 Å². The normalized spacial score (nSPS) is 15.1. The molecule has 1 saturated heterocycles. The Hall–Kier alpha value is -2.79. The first-order valence-electron chi connectivity index (χ1n) is 9.03. The Morgan fingerprint density at radius 2 is 1.78 bits per heavy atom. The molecule has 138 valence electrons. The zero-order valence-electron chi connectivity index (χ0n) is 14.7. The van der Waals surface area contributed by atoms with Crippen LogP contribution in [0.5, 0.6) is 0 Å². The average Bonchev–Trinajstić information content (AvgIpc) is 3.12. The van der Waals surface area contributed by atoms with E-state index in [0.29, 0.717) is 29.4 Å². The van der Waals surface area contributed by atoms with E-state index in [1.165, 1.54) is 0 Å². The van der Waals surface area contributed by atoms with Crippen LogP contribution in [0.2, 0.25) is 5.02 Å². The molecule has 0 bridgehead atoms. The maximum atomic E-state index is 12.8. The number of nitrogens with one attached hydrogen (secondary N) is 2. The summed E-state index contributed by atoms with van der Waals surface area (Å²) in [6.07, 6.45) is 1.49. The van der Waals surface area contributed by atoms with E-state index in [2.05, 4.69) is 10.3 Å². The smallest absolute Gasteiger partial charge is 0.270 e. The predicted octanol–water partition coefficient (Wildman–Crippen LogP) is 3.86. The third kappa shape index (κ3) is 3.83. The molecule has 6 heteroatoms. The molecule has 2 aromatic carbocycles. The molecule has 2 N–H and O–H groups in total. The molecule has 0 atom stereocenters. The van der Waals surface area contributed by atoms with Gasteiger partial charge in [0, 0.05) is 40.6 Å². The molecular formula is C21H20ClN3O2. The fourth-order valence-corrected chi connectivity index (χ4v) is 3.65. The number of aromatic amines is 1. The Morgan fingerprint density at radius 1 is 1.04 bits per heavy atom. The van der Waals surface area contributed by atoms with E-state index in [0.717, 1.165) is 23.7 Å². The molecule has 2 amide bonds. The summed E-state index contributed by atoms with van der Waals surface area (Å²) in [5, 5.41) is 4.64. The van der Waals surface area contributed by atoms with Crippen LogP contribution in [-0.4, -0.2) is 40.8 Å².